The minimum absolute atomic E-state index is 0.0905. The monoisotopic (exact) mass is 434 g/mol. The zero-order valence-electron chi connectivity index (χ0n) is 17.1. The van der Waals surface area contributed by atoms with E-state index in [2.05, 4.69) is 10.3 Å². The number of carbonyl (C=O) groups excluding carboxylic acids is 1. The standard InChI is InChI=1S/C23H22N4O3S/c1-26(2)20-13-7-11-18-17(20)10-8-14-22(18)31(29,30)25-24-23(28)19-9-3-4-12-21(19)27-15-5-6-16-27/h3-16,25H,1-2H3,(H,24,28). The first-order valence-corrected chi connectivity index (χ1v) is 11.1. The van der Waals surface area contributed by atoms with Crippen LogP contribution in [0.1, 0.15) is 10.4 Å². The Balaban J connectivity index is 1.63. The predicted octanol–water partition coefficient (Wildman–Crippen LogP) is 3.32. The largest absolute Gasteiger partial charge is 0.377 e. The van der Waals surface area contributed by atoms with E-state index in [0.29, 0.717) is 16.6 Å². The summed E-state index contributed by atoms with van der Waals surface area (Å²) >= 11 is 0. The summed E-state index contributed by atoms with van der Waals surface area (Å²) in [5.74, 6) is -0.554. The Kier molecular flexibility index (Phi) is 5.50. The molecule has 8 heteroatoms. The maximum atomic E-state index is 13.0. The maximum absolute atomic E-state index is 13.0. The fourth-order valence-corrected chi connectivity index (χ4v) is 4.57. The van der Waals surface area contributed by atoms with Crippen molar-refractivity contribution in [3.05, 3.63) is 90.8 Å². The van der Waals surface area contributed by atoms with Crippen LogP contribution in [0.25, 0.3) is 16.5 Å². The number of hydrazine groups is 1. The van der Waals surface area contributed by atoms with Crippen LogP contribution in [0.3, 0.4) is 0 Å². The van der Waals surface area contributed by atoms with Crippen molar-refractivity contribution < 1.29 is 13.2 Å². The number of hydrogen-bond acceptors (Lipinski definition) is 4. The Morgan fingerprint density at radius 1 is 0.839 bits per heavy atom. The molecule has 0 aliphatic rings. The number of nitrogens with zero attached hydrogens (tertiary/aromatic N) is 2. The number of para-hydroxylation sites is 1. The second-order valence-electron chi connectivity index (χ2n) is 7.19. The van der Waals surface area contributed by atoms with E-state index >= 15 is 0 Å². The van der Waals surface area contributed by atoms with E-state index in [1.807, 2.05) is 67.8 Å². The predicted molar refractivity (Wildman–Crippen MR) is 122 cm³/mol. The van der Waals surface area contributed by atoms with Gasteiger partial charge in [0, 0.05) is 42.9 Å². The Labute approximate surface area is 180 Å². The molecule has 0 unspecified atom stereocenters. The quantitative estimate of drug-likeness (QED) is 0.456. The molecule has 1 heterocycles. The molecule has 1 aromatic heterocycles. The molecule has 3 aromatic carbocycles. The van der Waals surface area contributed by atoms with Gasteiger partial charge in [-0.05, 0) is 36.4 Å². The van der Waals surface area contributed by atoms with Crippen molar-refractivity contribution in [1.29, 1.82) is 0 Å². The number of hydrogen-bond donors (Lipinski definition) is 2. The highest BCUT2D eigenvalue weighted by Crippen LogP contribution is 2.30. The molecule has 0 saturated carbocycles. The number of amides is 1. The molecule has 0 saturated heterocycles. The second kappa shape index (κ2) is 8.25. The van der Waals surface area contributed by atoms with Gasteiger partial charge in [-0.2, -0.15) is 0 Å². The molecule has 4 rings (SSSR count). The average Bonchev–Trinajstić information content (AvgIpc) is 3.31. The fourth-order valence-electron chi connectivity index (χ4n) is 3.51. The number of benzene rings is 3. The molecule has 2 N–H and O–H groups in total. The van der Waals surface area contributed by atoms with Crippen molar-refractivity contribution in [1.82, 2.24) is 14.8 Å². The molecule has 0 fully saturated rings. The Morgan fingerprint density at radius 2 is 1.52 bits per heavy atom. The molecule has 31 heavy (non-hydrogen) atoms. The smallest absolute Gasteiger partial charge is 0.268 e. The van der Waals surface area contributed by atoms with Crippen LogP contribution in [0.15, 0.2) is 90.1 Å². The molecule has 1 amide bonds. The molecule has 0 aliphatic carbocycles. The molecule has 4 aromatic rings. The third-order valence-electron chi connectivity index (χ3n) is 4.96. The highest BCUT2D eigenvalue weighted by atomic mass is 32.2. The summed E-state index contributed by atoms with van der Waals surface area (Å²) in [6.07, 6.45) is 3.63. The summed E-state index contributed by atoms with van der Waals surface area (Å²) in [7, 11) is -0.207. The van der Waals surface area contributed by atoms with Crippen molar-refractivity contribution in [2.75, 3.05) is 19.0 Å². The van der Waals surface area contributed by atoms with Gasteiger partial charge in [-0.25, -0.2) is 8.42 Å². The van der Waals surface area contributed by atoms with Crippen LogP contribution in [-0.2, 0) is 10.0 Å². The highest BCUT2D eigenvalue weighted by Gasteiger charge is 2.20. The molecule has 0 radical (unpaired) electrons. The molecule has 0 spiro atoms. The lowest BCUT2D eigenvalue weighted by atomic mass is 10.1. The van der Waals surface area contributed by atoms with Gasteiger partial charge in [-0.1, -0.05) is 36.4 Å². The van der Waals surface area contributed by atoms with E-state index < -0.39 is 15.9 Å². The van der Waals surface area contributed by atoms with Crippen LogP contribution in [-0.4, -0.2) is 33.0 Å². The van der Waals surface area contributed by atoms with Gasteiger partial charge < -0.3 is 9.47 Å². The molecular formula is C23H22N4O3S. The van der Waals surface area contributed by atoms with Gasteiger partial charge in [-0.3, -0.25) is 10.2 Å². The summed E-state index contributed by atoms with van der Waals surface area (Å²) in [4.78, 5) is 17.0. The molecule has 0 bridgehead atoms. The van der Waals surface area contributed by atoms with Crippen LogP contribution in [0.5, 0.6) is 0 Å². The van der Waals surface area contributed by atoms with Crippen LogP contribution in [0.2, 0.25) is 0 Å². The summed E-state index contributed by atoms with van der Waals surface area (Å²) in [5, 5.41) is 1.38. The van der Waals surface area contributed by atoms with Crippen molar-refractivity contribution in [3.8, 4) is 5.69 Å². The molecular weight excluding hydrogens is 412 g/mol. The van der Waals surface area contributed by atoms with Crippen molar-refractivity contribution >= 4 is 32.4 Å². The number of nitrogens with one attached hydrogen (secondary N) is 2. The number of sulfonamides is 1. The minimum atomic E-state index is -4.01. The molecule has 7 nitrogen and oxygen atoms in total. The fraction of sp³-hybridized carbons (Fsp3) is 0.0870. The third-order valence-corrected chi connectivity index (χ3v) is 6.27. The summed E-state index contributed by atoms with van der Waals surface area (Å²) < 4.78 is 27.9. The summed E-state index contributed by atoms with van der Waals surface area (Å²) in [5.41, 5.74) is 4.23. The first-order valence-electron chi connectivity index (χ1n) is 9.62. The van der Waals surface area contributed by atoms with Gasteiger partial charge >= 0.3 is 0 Å². The SMILES string of the molecule is CN(C)c1cccc2c(S(=O)(=O)NNC(=O)c3ccccc3-n3cccc3)cccc12. The normalized spacial score (nSPS) is 11.4. The van der Waals surface area contributed by atoms with E-state index in [-0.39, 0.29) is 4.90 Å². The van der Waals surface area contributed by atoms with Crippen molar-refractivity contribution in [3.63, 3.8) is 0 Å². The first kappa shape index (κ1) is 20.6. The molecule has 0 atom stereocenters. The van der Waals surface area contributed by atoms with E-state index in [1.165, 1.54) is 6.07 Å². The lowest BCUT2D eigenvalue weighted by Crippen LogP contribution is -2.41. The Morgan fingerprint density at radius 3 is 2.26 bits per heavy atom. The van der Waals surface area contributed by atoms with E-state index in [1.54, 1.807) is 34.9 Å². The number of anilines is 1. The van der Waals surface area contributed by atoms with Crippen LogP contribution in [0, 0.1) is 0 Å². The van der Waals surface area contributed by atoms with Crippen molar-refractivity contribution in [2.24, 2.45) is 0 Å². The first-order chi connectivity index (χ1) is 14.9. The Bertz CT molecular complexity index is 1350. The zero-order chi connectivity index (χ0) is 22.0. The number of aromatic nitrogens is 1. The third kappa shape index (κ3) is 4.03. The van der Waals surface area contributed by atoms with Crippen LogP contribution < -0.4 is 15.2 Å². The van der Waals surface area contributed by atoms with Gasteiger partial charge in [0.25, 0.3) is 15.9 Å². The highest BCUT2D eigenvalue weighted by molar-refractivity contribution is 7.89. The van der Waals surface area contributed by atoms with E-state index in [0.717, 1.165) is 11.1 Å². The zero-order valence-corrected chi connectivity index (χ0v) is 17.9. The number of carbonyl (C=O) groups is 1. The maximum Gasteiger partial charge on any atom is 0.268 e. The lowest BCUT2D eigenvalue weighted by Gasteiger charge is -2.17. The van der Waals surface area contributed by atoms with E-state index in [4.69, 9.17) is 0 Å². The molecule has 158 valence electrons. The summed E-state index contributed by atoms with van der Waals surface area (Å²) in [6.45, 7) is 0. The topological polar surface area (TPSA) is 83.4 Å². The Hall–Kier alpha value is -3.62. The van der Waals surface area contributed by atoms with Gasteiger partial charge in [-0.15, -0.1) is 4.83 Å². The molecule has 0 aliphatic heterocycles. The van der Waals surface area contributed by atoms with Gasteiger partial charge in [0.05, 0.1) is 16.1 Å². The number of rotatable bonds is 6. The number of fused-ring (bicyclic) bond motifs is 1. The van der Waals surface area contributed by atoms with E-state index in [9.17, 15) is 13.2 Å². The second-order valence-corrected chi connectivity index (χ2v) is 8.84. The van der Waals surface area contributed by atoms with Crippen LogP contribution in [0.4, 0.5) is 5.69 Å². The average molecular weight is 435 g/mol. The van der Waals surface area contributed by atoms with Crippen molar-refractivity contribution in [2.45, 2.75) is 4.90 Å². The lowest BCUT2D eigenvalue weighted by molar-refractivity contribution is 0.0945. The van der Waals surface area contributed by atoms with Gasteiger partial charge in [0.2, 0.25) is 0 Å². The minimum Gasteiger partial charge on any atom is -0.377 e. The summed E-state index contributed by atoms with van der Waals surface area (Å²) in [6, 6.07) is 21.2. The van der Waals surface area contributed by atoms with Gasteiger partial charge in [0.1, 0.15) is 0 Å². The van der Waals surface area contributed by atoms with Gasteiger partial charge in [0.15, 0.2) is 0 Å². The van der Waals surface area contributed by atoms with Crippen LogP contribution >= 0.6 is 0 Å².